The Kier molecular flexibility index (Phi) is 7.78. The Morgan fingerprint density at radius 3 is 2.76 bits per heavy atom. The summed E-state index contributed by atoms with van der Waals surface area (Å²) in [7, 11) is 1.40. The zero-order valence-electron chi connectivity index (χ0n) is 11.7. The quantitative estimate of drug-likeness (QED) is 0.681. The number of benzene rings is 1. The summed E-state index contributed by atoms with van der Waals surface area (Å²) in [5.41, 5.74) is 0. The van der Waals surface area contributed by atoms with Crippen LogP contribution in [0, 0.1) is 5.82 Å². The van der Waals surface area contributed by atoms with Gasteiger partial charge in [-0.3, -0.25) is 9.59 Å². The molecule has 0 heterocycles. The smallest absolute Gasteiger partial charge is 0.306 e. The van der Waals surface area contributed by atoms with Crippen molar-refractivity contribution in [1.82, 2.24) is 5.32 Å². The van der Waals surface area contributed by atoms with E-state index >= 15 is 0 Å². The third-order valence-corrected chi connectivity index (χ3v) is 3.74. The van der Waals surface area contributed by atoms with Crippen LogP contribution in [0.1, 0.15) is 12.8 Å². The molecule has 116 valence electrons. The van der Waals surface area contributed by atoms with Gasteiger partial charge in [-0.2, -0.15) is 0 Å². The summed E-state index contributed by atoms with van der Waals surface area (Å²) in [5, 5.41) is 11.2. The average Bonchev–Trinajstić information content (AvgIpc) is 2.45. The molecule has 1 unspecified atom stereocenters. The monoisotopic (exact) mass is 315 g/mol. The summed E-state index contributed by atoms with van der Waals surface area (Å²) in [4.78, 5) is 22.7. The second-order valence-corrected chi connectivity index (χ2v) is 5.43. The number of halogens is 1. The zero-order valence-corrected chi connectivity index (χ0v) is 12.5. The van der Waals surface area contributed by atoms with E-state index in [4.69, 9.17) is 9.84 Å². The van der Waals surface area contributed by atoms with Crippen LogP contribution in [0.25, 0.3) is 0 Å². The van der Waals surface area contributed by atoms with Gasteiger partial charge in [0.25, 0.3) is 0 Å². The van der Waals surface area contributed by atoms with E-state index in [1.165, 1.54) is 24.9 Å². The molecule has 1 rings (SSSR count). The molecule has 5 nitrogen and oxygen atoms in total. The van der Waals surface area contributed by atoms with Gasteiger partial charge in [0.15, 0.2) is 0 Å². The molecule has 1 aromatic rings. The van der Waals surface area contributed by atoms with Gasteiger partial charge in [-0.05, 0) is 12.1 Å². The van der Waals surface area contributed by atoms with Crippen LogP contribution in [-0.4, -0.2) is 42.5 Å². The fourth-order valence-corrected chi connectivity index (χ4v) is 2.45. The van der Waals surface area contributed by atoms with Crippen LogP contribution in [0.5, 0.6) is 0 Å². The van der Waals surface area contributed by atoms with E-state index in [0.717, 1.165) is 0 Å². The second-order valence-electron chi connectivity index (χ2n) is 4.29. The van der Waals surface area contributed by atoms with Crippen LogP contribution in [0.2, 0.25) is 0 Å². The average molecular weight is 315 g/mol. The minimum atomic E-state index is -0.980. The molecule has 1 aromatic carbocycles. The van der Waals surface area contributed by atoms with Gasteiger partial charge in [-0.1, -0.05) is 12.1 Å². The molecule has 0 aliphatic heterocycles. The molecular weight excluding hydrogens is 297 g/mol. The van der Waals surface area contributed by atoms with E-state index in [1.807, 2.05) is 0 Å². The number of thioether (sulfide) groups is 1. The number of carboxylic acids is 1. The highest BCUT2D eigenvalue weighted by atomic mass is 32.2. The van der Waals surface area contributed by atoms with Crippen LogP contribution in [0.3, 0.4) is 0 Å². The van der Waals surface area contributed by atoms with Crippen molar-refractivity contribution < 1.29 is 23.8 Å². The summed E-state index contributed by atoms with van der Waals surface area (Å²) in [6, 6.07) is 6.38. The Bertz CT molecular complexity index is 484. The predicted octanol–water partition coefficient (Wildman–Crippen LogP) is 1.91. The van der Waals surface area contributed by atoms with Crippen molar-refractivity contribution >= 4 is 23.6 Å². The molecule has 0 aliphatic carbocycles. The number of methoxy groups -OCH3 is 1. The predicted molar refractivity (Wildman–Crippen MR) is 77.8 cm³/mol. The molecule has 0 saturated carbocycles. The lowest BCUT2D eigenvalue weighted by molar-refractivity contribution is -0.140. The summed E-state index contributed by atoms with van der Waals surface area (Å²) in [5.74, 6) is -1.05. The van der Waals surface area contributed by atoms with Gasteiger partial charge in [0, 0.05) is 30.7 Å². The molecule has 0 spiro atoms. The molecular formula is C14H18FNO4S. The number of rotatable bonds is 9. The molecule has 2 N–H and O–H groups in total. The van der Waals surface area contributed by atoms with Crippen molar-refractivity contribution in [2.45, 2.75) is 23.8 Å². The maximum absolute atomic E-state index is 13.3. The molecule has 21 heavy (non-hydrogen) atoms. The first kappa shape index (κ1) is 17.5. The summed E-state index contributed by atoms with van der Waals surface area (Å²) >= 11 is 1.26. The van der Waals surface area contributed by atoms with E-state index in [0.29, 0.717) is 10.6 Å². The first-order valence-corrected chi connectivity index (χ1v) is 7.40. The molecule has 0 saturated heterocycles. The third kappa shape index (κ3) is 7.10. The van der Waals surface area contributed by atoms with Gasteiger partial charge in [0.2, 0.25) is 5.91 Å². The first-order chi connectivity index (χ1) is 10.0. The van der Waals surface area contributed by atoms with Crippen molar-refractivity contribution in [2.24, 2.45) is 0 Å². The summed E-state index contributed by atoms with van der Waals surface area (Å²) < 4.78 is 18.3. The lowest BCUT2D eigenvalue weighted by Gasteiger charge is -2.13. The van der Waals surface area contributed by atoms with Gasteiger partial charge in [-0.15, -0.1) is 11.8 Å². The van der Waals surface area contributed by atoms with E-state index < -0.39 is 12.1 Å². The molecule has 0 fully saturated rings. The molecule has 1 amide bonds. The second kappa shape index (κ2) is 9.36. The highest BCUT2D eigenvalue weighted by Gasteiger charge is 2.13. The van der Waals surface area contributed by atoms with E-state index in [9.17, 15) is 14.0 Å². The van der Waals surface area contributed by atoms with Gasteiger partial charge in [-0.25, -0.2) is 4.39 Å². The van der Waals surface area contributed by atoms with Gasteiger partial charge in [0.05, 0.1) is 12.5 Å². The third-order valence-electron chi connectivity index (χ3n) is 2.69. The van der Waals surface area contributed by atoms with Crippen LogP contribution in [0.15, 0.2) is 29.2 Å². The molecule has 7 heteroatoms. The number of hydrogen-bond donors (Lipinski definition) is 2. The fourth-order valence-electron chi connectivity index (χ4n) is 1.57. The Labute approximate surface area is 126 Å². The van der Waals surface area contributed by atoms with Crippen molar-refractivity contribution in [3.63, 3.8) is 0 Å². The zero-order chi connectivity index (χ0) is 15.7. The first-order valence-electron chi connectivity index (χ1n) is 6.41. The Hall–Kier alpha value is -1.60. The number of hydrogen-bond acceptors (Lipinski definition) is 4. The highest BCUT2D eigenvalue weighted by Crippen LogP contribution is 2.21. The van der Waals surface area contributed by atoms with Gasteiger partial charge >= 0.3 is 5.97 Å². The minimum absolute atomic E-state index is 0.145. The maximum Gasteiger partial charge on any atom is 0.306 e. The van der Waals surface area contributed by atoms with E-state index in [2.05, 4.69) is 5.32 Å². The Morgan fingerprint density at radius 1 is 1.43 bits per heavy atom. The number of amides is 1. The van der Waals surface area contributed by atoms with Crippen LogP contribution in [-0.2, 0) is 14.3 Å². The largest absolute Gasteiger partial charge is 0.481 e. The molecule has 0 radical (unpaired) electrons. The lowest BCUT2D eigenvalue weighted by atomic mass is 10.2. The van der Waals surface area contributed by atoms with Crippen molar-refractivity contribution in [3.8, 4) is 0 Å². The molecule has 1 atom stereocenters. The number of ether oxygens (including phenoxy) is 1. The lowest BCUT2D eigenvalue weighted by Crippen LogP contribution is -2.34. The summed E-state index contributed by atoms with van der Waals surface area (Å²) in [6.45, 7) is 0.145. The number of aliphatic carboxylic acids is 1. The number of carbonyl (C=O) groups excluding carboxylic acids is 1. The van der Waals surface area contributed by atoms with Gasteiger partial charge in [0.1, 0.15) is 5.82 Å². The standard InChI is InChI=1S/C14H18FNO4S/c1-20-10(8-14(18)19)9-16-13(17)6-7-21-12-5-3-2-4-11(12)15/h2-5,10H,6-9H2,1H3,(H,16,17)(H,18,19). The molecule has 0 aliphatic rings. The van der Waals surface area contributed by atoms with Crippen LogP contribution >= 0.6 is 11.8 Å². The van der Waals surface area contributed by atoms with E-state index in [1.54, 1.807) is 18.2 Å². The number of carboxylic acid groups (broad SMARTS) is 1. The molecule has 0 bridgehead atoms. The van der Waals surface area contributed by atoms with Crippen LogP contribution < -0.4 is 5.32 Å². The SMILES string of the molecule is COC(CNC(=O)CCSc1ccccc1F)CC(=O)O. The Morgan fingerprint density at radius 2 is 2.14 bits per heavy atom. The number of nitrogens with one attached hydrogen (secondary N) is 1. The minimum Gasteiger partial charge on any atom is -0.481 e. The Balaban J connectivity index is 2.25. The summed E-state index contributed by atoms with van der Waals surface area (Å²) in [6.07, 6.45) is -0.492. The fraction of sp³-hybridized carbons (Fsp3) is 0.429. The van der Waals surface area contributed by atoms with Gasteiger partial charge < -0.3 is 15.2 Å². The normalized spacial score (nSPS) is 11.9. The maximum atomic E-state index is 13.3. The molecule has 0 aromatic heterocycles. The van der Waals surface area contributed by atoms with Crippen molar-refractivity contribution in [3.05, 3.63) is 30.1 Å². The van der Waals surface area contributed by atoms with Crippen molar-refractivity contribution in [1.29, 1.82) is 0 Å². The highest BCUT2D eigenvalue weighted by molar-refractivity contribution is 7.99. The van der Waals surface area contributed by atoms with Crippen LogP contribution in [0.4, 0.5) is 4.39 Å². The number of carbonyl (C=O) groups is 2. The van der Waals surface area contributed by atoms with E-state index in [-0.39, 0.29) is 31.1 Å². The topological polar surface area (TPSA) is 75.6 Å². The van der Waals surface area contributed by atoms with Crippen molar-refractivity contribution in [2.75, 3.05) is 19.4 Å².